The zero-order valence-corrected chi connectivity index (χ0v) is 46.3. The Bertz CT molecular complexity index is 1120. The van der Waals surface area contributed by atoms with E-state index in [1.54, 1.807) is 6.08 Å². The lowest BCUT2D eigenvalue weighted by Crippen LogP contribution is -2.45. The summed E-state index contributed by atoms with van der Waals surface area (Å²) in [4.78, 5) is 24.5. The second-order valence-corrected chi connectivity index (χ2v) is 21.0. The smallest absolute Gasteiger partial charge is 0.305 e. The third-order valence-corrected chi connectivity index (χ3v) is 14.1. The van der Waals surface area contributed by atoms with Crippen molar-refractivity contribution in [2.75, 3.05) is 13.2 Å². The van der Waals surface area contributed by atoms with Crippen LogP contribution < -0.4 is 5.32 Å². The minimum atomic E-state index is -0.852. The standard InChI is InChI=1S/C63H119NO5/c1-3-5-7-9-11-13-15-17-18-19-20-21-23-26-29-32-35-39-43-47-51-55-61(66)60(59-65)64-62(67)56-52-48-44-40-36-33-30-27-24-22-25-28-31-34-38-42-46-50-54-58-69-63(68)57-53-49-45-41-37-16-14-12-10-8-6-4-2/h12,14,22,24,51,55,60-61,65-66H,3-11,13,15-21,23,25-50,52-54,56-59H2,1-2H3,(H,64,67)/b14-12-,24-22-,55-51+. The number of hydrogen-bond acceptors (Lipinski definition) is 5. The number of aliphatic hydroxyl groups excluding tert-OH is 2. The van der Waals surface area contributed by atoms with E-state index in [0.29, 0.717) is 19.4 Å². The average molecular weight is 971 g/mol. The van der Waals surface area contributed by atoms with Gasteiger partial charge in [-0.05, 0) is 83.5 Å². The van der Waals surface area contributed by atoms with Crippen molar-refractivity contribution in [1.82, 2.24) is 5.32 Å². The van der Waals surface area contributed by atoms with E-state index in [4.69, 9.17) is 4.74 Å². The number of carbonyl (C=O) groups excluding carboxylic acids is 2. The lowest BCUT2D eigenvalue weighted by Gasteiger charge is -2.20. The molecular weight excluding hydrogens is 851 g/mol. The Morgan fingerprint density at radius 2 is 0.681 bits per heavy atom. The average Bonchev–Trinajstić information content (AvgIpc) is 3.35. The first-order valence-electron chi connectivity index (χ1n) is 30.8. The molecule has 69 heavy (non-hydrogen) atoms. The minimum absolute atomic E-state index is 0.00685. The third-order valence-electron chi connectivity index (χ3n) is 14.1. The number of carbonyl (C=O) groups is 2. The van der Waals surface area contributed by atoms with E-state index >= 15 is 0 Å². The molecule has 0 bridgehead atoms. The molecule has 406 valence electrons. The van der Waals surface area contributed by atoms with Crippen LogP contribution in [-0.2, 0) is 14.3 Å². The van der Waals surface area contributed by atoms with Crippen molar-refractivity contribution in [2.45, 2.75) is 341 Å². The summed E-state index contributed by atoms with van der Waals surface area (Å²) in [5.74, 6) is -0.0823. The fourth-order valence-electron chi connectivity index (χ4n) is 9.39. The van der Waals surface area contributed by atoms with Crippen LogP contribution in [0.25, 0.3) is 0 Å². The van der Waals surface area contributed by atoms with Crippen LogP contribution in [0.2, 0.25) is 0 Å². The predicted molar refractivity (Wildman–Crippen MR) is 301 cm³/mol. The number of rotatable bonds is 57. The second kappa shape index (κ2) is 58.6. The summed E-state index contributed by atoms with van der Waals surface area (Å²) in [6.45, 7) is 4.88. The fraction of sp³-hybridized carbons (Fsp3) is 0.873. The molecule has 0 aliphatic heterocycles. The van der Waals surface area contributed by atoms with Crippen molar-refractivity contribution in [3.05, 3.63) is 36.5 Å². The summed E-state index contributed by atoms with van der Waals surface area (Å²) in [5.41, 5.74) is 0. The zero-order valence-electron chi connectivity index (χ0n) is 46.3. The summed E-state index contributed by atoms with van der Waals surface area (Å²) in [6, 6.07) is -0.636. The van der Waals surface area contributed by atoms with Crippen LogP contribution in [0.5, 0.6) is 0 Å². The number of nitrogens with one attached hydrogen (secondary N) is 1. The molecule has 1 amide bonds. The van der Waals surface area contributed by atoms with E-state index in [-0.39, 0.29) is 18.5 Å². The van der Waals surface area contributed by atoms with Crippen molar-refractivity contribution in [3.63, 3.8) is 0 Å². The van der Waals surface area contributed by atoms with E-state index in [9.17, 15) is 19.8 Å². The summed E-state index contributed by atoms with van der Waals surface area (Å²) in [7, 11) is 0. The van der Waals surface area contributed by atoms with Gasteiger partial charge in [0.1, 0.15) is 0 Å². The monoisotopic (exact) mass is 970 g/mol. The van der Waals surface area contributed by atoms with Crippen LogP contribution >= 0.6 is 0 Å². The molecule has 6 nitrogen and oxygen atoms in total. The fourth-order valence-corrected chi connectivity index (χ4v) is 9.39. The molecule has 0 aromatic carbocycles. The maximum absolute atomic E-state index is 12.5. The Hall–Kier alpha value is -1.92. The van der Waals surface area contributed by atoms with Gasteiger partial charge in [0.25, 0.3) is 0 Å². The van der Waals surface area contributed by atoms with E-state index in [1.807, 2.05) is 6.08 Å². The summed E-state index contributed by atoms with van der Waals surface area (Å²) in [5, 5.41) is 23.2. The first kappa shape index (κ1) is 67.1. The van der Waals surface area contributed by atoms with Gasteiger partial charge >= 0.3 is 5.97 Å². The van der Waals surface area contributed by atoms with Crippen molar-refractivity contribution in [1.29, 1.82) is 0 Å². The number of unbranched alkanes of at least 4 members (excludes halogenated alkanes) is 42. The van der Waals surface area contributed by atoms with Crippen LogP contribution in [0.1, 0.15) is 328 Å². The van der Waals surface area contributed by atoms with Crippen molar-refractivity contribution >= 4 is 11.9 Å². The van der Waals surface area contributed by atoms with Crippen molar-refractivity contribution < 1.29 is 24.5 Å². The Morgan fingerprint density at radius 3 is 1.06 bits per heavy atom. The molecule has 6 heteroatoms. The van der Waals surface area contributed by atoms with Crippen LogP contribution in [-0.4, -0.2) is 47.4 Å². The van der Waals surface area contributed by atoms with Gasteiger partial charge < -0.3 is 20.3 Å². The lowest BCUT2D eigenvalue weighted by molar-refractivity contribution is -0.143. The minimum Gasteiger partial charge on any atom is -0.466 e. The predicted octanol–water partition coefficient (Wildman–Crippen LogP) is 19.2. The zero-order chi connectivity index (χ0) is 50.0. The number of amides is 1. The first-order chi connectivity index (χ1) is 34.0. The summed E-state index contributed by atoms with van der Waals surface area (Å²) >= 11 is 0. The van der Waals surface area contributed by atoms with Crippen LogP contribution in [0.15, 0.2) is 36.5 Å². The molecule has 0 spiro atoms. The molecule has 0 aromatic rings. The first-order valence-corrected chi connectivity index (χ1v) is 30.8. The van der Waals surface area contributed by atoms with Gasteiger partial charge in [-0.1, -0.05) is 269 Å². The van der Waals surface area contributed by atoms with Crippen LogP contribution in [0.3, 0.4) is 0 Å². The number of hydrogen-bond donors (Lipinski definition) is 3. The number of allylic oxidation sites excluding steroid dienone is 5. The summed E-state index contributed by atoms with van der Waals surface area (Å²) < 4.78 is 5.46. The third kappa shape index (κ3) is 55.2. The van der Waals surface area contributed by atoms with Crippen LogP contribution in [0, 0.1) is 0 Å². The Balaban J connectivity index is 3.48. The van der Waals surface area contributed by atoms with Gasteiger partial charge in [0.05, 0.1) is 25.4 Å². The topological polar surface area (TPSA) is 95.9 Å². The highest BCUT2D eigenvalue weighted by Gasteiger charge is 2.18. The molecule has 0 saturated carbocycles. The van der Waals surface area contributed by atoms with Gasteiger partial charge in [-0.15, -0.1) is 0 Å². The van der Waals surface area contributed by atoms with Gasteiger partial charge in [0, 0.05) is 12.8 Å². The summed E-state index contributed by atoms with van der Waals surface area (Å²) in [6.07, 6.45) is 73.2. The molecule has 0 saturated heterocycles. The number of ether oxygens (including phenoxy) is 1. The maximum Gasteiger partial charge on any atom is 0.305 e. The maximum atomic E-state index is 12.5. The highest BCUT2D eigenvalue weighted by Crippen LogP contribution is 2.17. The molecule has 0 aliphatic rings. The second-order valence-electron chi connectivity index (χ2n) is 21.0. The normalized spacial score (nSPS) is 12.8. The molecule has 0 heterocycles. The molecule has 3 N–H and O–H groups in total. The van der Waals surface area contributed by atoms with Gasteiger partial charge in [-0.25, -0.2) is 0 Å². The molecule has 0 fully saturated rings. The number of aliphatic hydroxyl groups is 2. The molecule has 0 aliphatic carbocycles. The molecular formula is C63H119NO5. The van der Waals surface area contributed by atoms with Crippen LogP contribution in [0.4, 0.5) is 0 Å². The van der Waals surface area contributed by atoms with Crippen molar-refractivity contribution in [3.8, 4) is 0 Å². The Morgan fingerprint density at radius 1 is 0.391 bits per heavy atom. The molecule has 0 aromatic heterocycles. The molecule has 2 atom stereocenters. The van der Waals surface area contributed by atoms with E-state index < -0.39 is 12.1 Å². The van der Waals surface area contributed by atoms with Gasteiger partial charge in [0.15, 0.2) is 0 Å². The van der Waals surface area contributed by atoms with Gasteiger partial charge in [0.2, 0.25) is 5.91 Å². The van der Waals surface area contributed by atoms with E-state index in [2.05, 4.69) is 43.5 Å². The van der Waals surface area contributed by atoms with E-state index in [1.165, 1.54) is 250 Å². The lowest BCUT2D eigenvalue weighted by atomic mass is 10.0. The molecule has 2 unspecified atom stereocenters. The highest BCUT2D eigenvalue weighted by molar-refractivity contribution is 5.76. The SMILES string of the molecule is CCCCC/C=C\CCCCCCCC(=O)OCCCCCCCCCC/C=C\CCCCCCCCCC(=O)NC(CO)C(O)/C=C/CCCCCCCCCCCCCCCCCCCCC. The quantitative estimate of drug-likeness (QED) is 0.0321. The Labute approximate surface area is 430 Å². The Kier molecular flexibility index (Phi) is 57.0. The van der Waals surface area contributed by atoms with Crippen molar-refractivity contribution in [2.24, 2.45) is 0 Å². The number of esters is 1. The molecule has 0 rings (SSSR count). The molecule has 0 radical (unpaired) electrons. The largest absolute Gasteiger partial charge is 0.466 e. The highest BCUT2D eigenvalue weighted by atomic mass is 16.5. The van der Waals surface area contributed by atoms with Gasteiger partial charge in [-0.2, -0.15) is 0 Å². The van der Waals surface area contributed by atoms with Gasteiger partial charge in [-0.3, -0.25) is 9.59 Å². The van der Waals surface area contributed by atoms with E-state index in [0.717, 1.165) is 51.4 Å².